The molecular weight excluding hydrogens is 272 g/mol. The standard InChI is InChI=1S/C11H18N2O3S2/c1-4-18(15,16)6-5-12-10(14)9-7-17-11(13-9)8(2)3/h7-8H,4-6H2,1-3H3,(H,12,14). The first-order valence-corrected chi connectivity index (χ1v) is 8.50. The SMILES string of the molecule is CCS(=O)(=O)CCNC(=O)c1csc(C(C)C)n1. The fraction of sp³-hybridized carbons (Fsp3) is 0.636. The Hall–Kier alpha value is -0.950. The van der Waals surface area contributed by atoms with E-state index >= 15 is 0 Å². The van der Waals surface area contributed by atoms with Crippen LogP contribution in [0.15, 0.2) is 5.38 Å². The van der Waals surface area contributed by atoms with E-state index in [0.29, 0.717) is 5.69 Å². The molecule has 7 heteroatoms. The van der Waals surface area contributed by atoms with Crippen molar-refractivity contribution < 1.29 is 13.2 Å². The predicted octanol–water partition coefficient (Wildman–Crippen LogP) is 1.43. The predicted molar refractivity (Wildman–Crippen MR) is 72.9 cm³/mol. The summed E-state index contributed by atoms with van der Waals surface area (Å²) in [6.07, 6.45) is 0. The Labute approximate surface area is 112 Å². The number of sulfone groups is 1. The minimum Gasteiger partial charge on any atom is -0.350 e. The van der Waals surface area contributed by atoms with Gasteiger partial charge < -0.3 is 5.32 Å². The lowest BCUT2D eigenvalue weighted by Crippen LogP contribution is -2.29. The Bertz CT molecular complexity index is 506. The first-order valence-electron chi connectivity index (χ1n) is 5.79. The molecule has 0 atom stereocenters. The van der Waals surface area contributed by atoms with E-state index in [2.05, 4.69) is 10.3 Å². The van der Waals surface area contributed by atoms with Crippen molar-refractivity contribution in [3.63, 3.8) is 0 Å². The van der Waals surface area contributed by atoms with E-state index in [0.717, 1.165) is 5.01 Å². The van der Waals surface area contributed by atoms with Gasteiger partial charge in [0.1, 0.15) is 5.69 Å². The second-order valence-electron chi connectivity index (χ2n) is 4.22. The molecule has 0 spiro atoms. The van der Waals surface area contributed by atoms with E-state index in [1.54, 1.807) is 12.3 Å². The third-order valence-electron chi connectivity index (χ3n) is 2.39. The molecule has 0 aliphatic carbocycles. The second kappa shape index (κ2) is 6.29. The number of aromatic nitrogens is 1. The summed E-state index contributed by atoms with van der Waals surface area (Å²) in [6.45, 7) is 5.73. The number of carbonyl (C=O) groups is 1. The van der Waals surface area contributed by atoms with Crippen LogP contribution in [0.1, 0.15) is 42.2 Å². The van der Waals surface area contributed by atoms with Crippen molar-refractivity contribution in [2.24, 2.45) is 0 Å². The van der Waals surface area contributed by atoms with Crippen molar-refractivity contribution >= 4 is 27.1 Å². The first-order chi connectivity index (χ1) is 8.35. The molecule has 1 N–H and O–H groups in total. The number of thiazole rings is 1. The van der Waals surface area contributed by atoms with Gasteiger partial charge in [-0.2, -0.15) is 0 Å². The maximum Gasteiger partial charge on any atom is 0.270 e. The molecule has 1 aromatic heterocycles. The van der Waals surface area contributed by atoms with Gasteiger partial charge in [0.05, 0.1) is 10.8 Å². The smallest absolute Gasteiger partial charge is 0.270 e. The van der Waals surface area contributed by atoms with Gasteiger partial charge >= 0.3 is 0 Å². The zero-order valence-electron chi connectivity index (χ0n) is 10.8. The number of hydrogen-bond acceptors (Lipinski definition) is 5. The van der Waals surface area contributed by atoms with E-state index < -0.39 is 9.84 Å². The van der Waals surface area contributed by atoms with Gasteiger partial charge in [-0.1, -0.05) is 20.8 Å². The van der Waals surface area contributed by atoms with Crippen molar-refractivity contribution in [2.45, 2.75) is 26.7 Å². The number of amides is 1. The summed E-state index contributed by atoms with van der Waals surface area (Å²) in [6, 6.07) is 0. The summed E-state index contributed by atoms with van der Waals surface area (Å²) in [7, 11) is -3.04. The van der Waals surface area contributed by atoms with E-state index in [-0.39, 0.29) is 29.9 Å². The fourth-order valence-electron chi connectivity index (χ4n) is 1.21. The molecule has 5 nitrogen and oxygen atoms in total. The number of rotatable bonds is 6. The second-order valence-corrected chi connectivity index (χ2v) is 7.58. The Morgan fingerprint density at radius 1 is 1.50 bits per heavy atom. The molecule has 1 rings (SSSR count). The third-order valence-corrected chi connectivity index (χ3v) is 5.24. The minimum absolute atomic E-state index is 0.0313. The van der Waals surface area contributed by atoms with Crippen molar-refractivity contribution in [1.82, 2.24) is 10.3 Å². The molecule has 0 unspecified atom stereocenters. The van der Waals surface area contributed by atoms with Gasteiger partial charge in [-0.05, 0) is 0 Å². The summed E-state index contributed by atoms with van der Waals surface area (Å²) in [5.41, 5.74) is 0.359. The lowest BCUT2D eigenvalue weighted by atomic mass is 10.2. The Morgan fingerprint density at radius 2 is 2.17 bits per heavy atom. The summed E-state index contributed by atoms with van der Waals surface area (Å²) in [5, 5.41) is 5.17. The van der Waals surface area contributed by atoms with Crippen LogP contribution in [0.5, 0.6) is 0 Å². The van der Waals surface area contributed by atoms with Crippen LogP contribution in [0.25, 0.3) is 0 Å². The van der Waals surface area contributed by atoms with E-state index in [4.69, 9.17) is 0 Å². The highest BCUT2D eigenvalue weighted by atomic mass is 32.2. The van der Waals surface area contributed by atoms with Gasteiger partial charge in [0.25, 0.3) is 5.91 Å². The molecule has 0 aliphatic rings. The molecule has 1 amide bonds. The average molecular weight is 290 g/mol. The van der Waals surface area contributed by atoms with Crippen molar-refractivity contribution in [1.29, 1.82) is 0 Å². The van der Waals surface area contributed by atoms with Crippen LogP contribution in [0.2, 0.25) is 0 Å². The fourth-order valence-corrected chi connectivity index (χ4v) is 2.73. The molecule has 1 aromatic rings. The highest BCUT2D eigenvalue weighted by Gasteiger charge is 2.13. The molecule has 0 fully saturated rings. The van der Waals surface area contributed by atoms with E-state index in [1.165, 1.54) is 11.3 Å². The average Bonchev–Trinajstić information content (AvgIpc) is 2.78. The summed E-state index contributed by atoms with van der Waals surface area (Å²) >= 11 is 1.44. The quantitative estimate of drug-likeness (QED) is 0.860. The monoisotopic (exact) mass is 290 g/mol. The van der Waals surface area contributed by atoms with Crippen LogP contribution in [0, 0.1) is 0 Å². The Balaban J connectivity index is 2.50. The van der Waals surface area contributed by atoms with Crippen LogP contribution in [-0.4, -0.2) is 37.4 Å². The van der Waals surface area contributed by atoms with Crippen LogP contribution in [-0.2, 0) is 9.84 Å². The van der Waals surface area contributed by atoms with Crippen LogP contribution < -0.4 is 5.32 Å². The summed E-state index contributed by atoms with van der Waals surface area (Å²) in [5.74, 6) is 0.0366. The molecule has 0 saturated heterocycles. The lowest BCUT2D eigenvalue weighted by molar-refractivity contribution is 0.0951. The lowest BCUT2D eigenvalue weighted by Gasteiger charge is -2.03. The summed E-state index contributed by atoms with van der Waals surface area (Å²) < 4.78 is 22.5. The van der Waals surface area contributed by atoms with Gasteiger partial charge in [0, 0.05) is 23.6 Å². The number of nitrogens with zero attached hydrogens (tertiary/aromatic N) is 1. The summed E-state index contributed by atoms with van der Waals surface area (Å²) in [4.78, 5) is 15.9. The molecule has 0 aromatic carbocycles. The Kier molecular flexibility index (Phi) is 5.28. The molecule has 1 heterocycles. The topological polar surface area (TPSA) is 76.1 Å². The molecular formula is C11H18N2O3S2. The van der Waals surface area contributed by atoms with Gasteiger partial charge in [-0.15, -0.1) is 11.3 Å². The van der Waals surface area contributed by atoms with Gasteiger partial charge in [0.15, 0.2) is 9.84 Å². The van der Waals surface area contributed by atoms with Crippen molar-refractivity contribution in [3.05, 3.63) is 16.1 Å². The zero-order chi connectivity index (χ0) is 13.8. The maximum absolute atomic E-state index is 11.7. The van der Waals surface area contributed by atoms with Gasteiger partial charge in [-0.3, -0.25) is 4.79 Å². The highest BCUT2D eigenvalue weighted by Crippen LogP contribution is 2.18. The van der Waals surface area contributed by atoms with Crippen LogP contribution in [0.3, 0.4) is 0 Å². The Morgan fingerprint density at radius 3 is 2.67 bits per heavy atom. The third kappa shape index (κ3) is 4.38. The molecule has 18 heavy (non-hydrogen) atoms. The van der Waals surface area contributed by atoms with Gasteiger partial charge in [0.2, 0.25) is 0 Å². The van der Waals surface area contributed by atoms with Crippen molar-refractivity contribution in [3.8, 4) is 0 Å². The van der Waals surface area contributed by atoms with Crippen LogP contribution >= 0.6 is 11.3 Å². The van der Waals surface area contributed by atoms with E-state index in [1.807, 2.05) is 13.8 Å². The first kappa shape index (κ1) is 15.1. The molecule has 0 bridgehead atoms. The molecule has 0 radical (unpaired) electrons. The molecule has 0 saturated carbocycles. The van der Waals surface area contributed by atoms with Crippen molar-refractivity contribution in [2.75, 3.05) is 18.1 Å². The molecule has 0 aliphatic heterocycles. The maximum atomic E-state index is 11.7. The number of carbonyl (C=O) groups excluding carboxylic acids is 1. The zero-order valence-corrected chi connectivity index (χ0v) is 12.4. The molecule has 102 valence electrons. The largest absolute Gasteiger partial charge is 0.350 e. The van der Waals surface area contributed by atoms with Gasteiger partial charge in [-0.25, -0.2) is 13.4 Å². The van der Waals surface area contributed by atoms with E-state index in [9.17, 15) is 13.2 Å². The normalized spacial score (nSPS) is 11.8. The minimum atomic E-state index is -3.04. The number of nitrogens with one attached hydrogen (secondary N) is 1. The number of hydrogen-bond donors (Lipinski definition) is 1. The van der Waals surface area contributed by atoms with Crippen LogP contribution in [0.4, 0.5) is 0 Å². The highest BCUT2D eigenvalue weighted by molar-refractivity contribution is 7.91.